The van der Waals surface area contributed by atoms with Crippen molar-refractivity contribution in [2.75, 3.05) is 6.54 Å². The first-order valence-corrected chi connectivity index (χ1v) is 6.52. The average molecular weight is 221 g/mol. The third-order valence-corrected chi connectivity index (χ3v) is 3.57. The fourth-order valence-electron chi connectivity index (χ4n) is 2.36. The number of aryl methyl sites for hydroxylation is 1. The molecule has 1 aromatic rings. The summed E-state index contributed by atoms with van der Waals surface area (Å²) in [5.41, 5.74) is 0. The highest BCUT2D eigenvalue weighted by Gasteiger charge is 2.34. The lowest BCUT2D eigenvalue weighted by molar-refractivity contribution is 0.296. The monoisotopic (exact) mass is 221 g/mol. The minimum absolute atomic E-state index is 0.404. The van der Waals surface area contributed by atoms with Gasteiger partial charge in [-0.1, -0.05) is 13.8 Å². The summed E-state index contributed by atoms with van der Waals surface area (Å²) in [5.74, 6) is 3.73. The van der Waals surface area contributed by atoms with Gasteiger partial charge in [0, 0.05) is 0 Å². The molecule has 1 heterocycles. The van der Waals surface area contributed by atoms with Crippen LogP contribution in [0, 0.1) is 18.8 Å². The Morgan fingerprint density at radius 3 is 2.69 bits per heavy atom. The van der Waals surface area contributed by atoms with Gasteiger partial charge in [-0.05, 0) is 56.7 Å². The van der Waals surface area contributed by atoms with Gasteiger partial charge in [-0.15, -0.1) is 0 Å². The van der Waals surface area contributed by atoms with Gasteiger partial charge in [-0.3, -0.25) is 0 Å². The molecule has 2 nitrogen and oxygen atoms in total. The van der Waals surface area contributed by atoms with E-state index in [0.29, 0.717) is 12.0 Å². The van der Waals surface area contributed by atoms with Crippen molar-refractivity contribution >= 4 is 0 Å². The molecular formula is C14H23NO. The number of nitrogens with one attached hydrogen (secondary N) is 1. The van der Waals surface area contributed by atoms with Gasteiger partial charge < -0.3 is 9.73 Å². The molecule has 0 saturated heterocycles. The van der Waals surface area contributed by atoms with Crippen LogP contribution in [0.25, 0.3) is 0 Å². The quantitative estimate of drug-likeness (QED) is 0.792. The van der Waals surface area contributed by atoms with Gasteiger partial charge in [-0.2, -0.15) is 0 Å². The van der Waals surface area contributed by atoms with Crippen LogP contribution in [0.2, 0.25) is 0 Å². The van der Waals surface area contributed by atoms with Gasteiger partial charge >= 0.3 is 0 Å². The molecule has 1 N–H and O–H groups in total. The van der Waals surface area contributed by atoms with Crippen LogP contribution in [-0.2, 0) is 0 Å². The Morgan fingerprint density at radius 1 is 1.44 bits per heavy atom. The highest BCUT2D eigenvalue weighted by molar-refractivity contribution is 5.11. The van der Waals surface area contributed by atoms with E-state index in [-0.39, 0.29) is 0 Å². The fraction of sp³-hybridized carbons (Fsp3) is 0.714. The molecule has 90 valence electrons. The molecule has 2 unspecified atom stereocenters. The molecule has 0 bridgehead atoms. The summed E-state index contributed by atoms with van der Waals surface area (Å²) in [7, 11) is 0. The van der Waals surface area contributed by atoms with Crippen molar-refractivity contribution in [1.29, 1.82) is 0 Å². The number of rotatable bonds is 6. The highest BCUT2D eigenvalue weighted by atomic mass is 16.3. The van der Waals surface area contributed by atoms with E-state index in [1.54, 1.807) is 0 Å². The molecule has 1 saturated carbocycles. The Bertz CT molecular complexity index is 327. The van der Waals surface area contributed by atoms with Crippen LogP contribution in [-0.4, -0.2) is 6.54 Å². The first kappa shape index (κ1) is 11.7. The third-order valence-electron chi connectivity index (χ3n) is 3.57. The largest absolute Gasteiger partial charge is 0.465 e. The first-order chi connectivity index (χ1) is 7.72. The van der Waals surface area contributed by atoms with Crippen LogP contribution in [0.4, 0.5) is 0 Å². The van der Waals surface area contributed by atoms with Crippen LogP contribution in [0.1, 0.15) is 50.7 Å². The van der Waals surface area contributed by atoms with Gasteiger partial charge in [0.25, 0.3) is 0 Å². The van der Waals surface area contributed by atoms with E-state index in [1.165, 1.54) is 19.3 Å². The Labute approximate surface area is 98.4 Å². The lowest BCUT2D eigenvalue weighted by Gasteiger charge is -2.23. The standard InChI is InChI=1S/C14H23NO/c1-4-9-15-14(11(3)12-6-7-12)13-8-5-10(2)16-13/h5,8,11-12,14-15H,4,6-7,9H2,1-3H3. The van der Waals surface area contributed by atoms with Crippen molar-refractivity contribution in [3.63, 3.8) is 0 Å². The van der Waals surface area contributed by atoms with Crippen molar-refractivity contribution in [2.45, 2.75) is 46.1 Å². The second kappa shape index (κ2) is 5.05. The van der Waals surface area contributed by atoms with E-state index in [1.807, 2.05) is 6.92 Å². The molecule has 1 aromatic heterocycles. The minimum atomic E-state index is 0.404. The SMILES string of the molecule is CCCNC(c1ccc(C)o1)C(C)C1CC1. The molecule has 1 aliphatic rings. The molecule has 0 amide bonds. The molecule has 0 spiro atoms. The van der Waals surface area contributed by atoms with Crippen molar-refractivity contribution in [1.82, 2.24) is 5.32 Å². The Hall–Kier alpha value is -0.760. The Kier molecular flexibility index (Phi) is 3.70. The van der Waals surface area contributed by atoms with Crippen LogP contribution >= 0.6 is 0 Å². The van der Waals surface area contributed by atoms with E-state index in [2.05, 4.69) is 31.3 Å². The topological polar surface area (TPSA) is 25.2 Å². The summed E-state index contributed by atoms with van der Waals surface area (Å²) >= 11 is 0. The van der Waals surface area contributed by atoms with E-state index in [0.717, 1.165) is 24.0 Å². The summed E-state index contributed by atoms with van der Waals surface area (Å²) < 4.78 is 5.78. The Balaban J connectivity index is 2.06. The predicted molar refractivity (Wildman–Crippen MR) is 66.4 cm³/mol. The maximum Gasteiger partial charge on any atom is 0.121 e. The van der Waals surface area contributed by atoms with Crippen molar-refractivity contribution in [3.05, 3.63) is 23.7 Å². The molecular weight excluding hydrogens is 198 g/mol. The van der Waals surface area contributed by atoms with Crippen molar-refractivity contribution < 1.29 is 4.42 Å². The maximum absolute atomic E-state index is 5.78. The molecule has 1 aliphatic carbocycles. The molecule has 16 heavy (non-hydrogen) atoms. The van der Waals surface area contributed by atoms with Gasteiger partial charge in [0.1, 0.15) is 11.5 Å². The van der Waals surface area contributed by atoms with Crippen LogP contribution in [0.5, 0.6) is 0 Å². The van der Waals surface area contributed by atoms with Gasteiger partial charge in [0.05, 0.1) is 6.04 Å². The zero-order valence-corrected chi connectivity index (χ0v) is 10.6. The van der Waals surface area contributed by atoms with Crippen LogP contribution in [0.3, 0.4) is 0 Å². The second-order valence-electron chi connectivity index (χ2n) is 5.08. The normalized spacial score (nSPS) is 19.7. The van der Waals surface area contributed by atoms with Crippen LogP contribution < -0.4 is 5.32 Å². The summed E-state index contributed by atoms with van der Waals surface area (Å²) in [5, 5.41) is 3.63. The molecule has 2 rings (SSSR count). The lowest BCUT2D eigenvalue weighted by Crippen LogP contribution is -2.28. The summed E-state index contributed by atoms with van der Waals surface area (Å²) in [4.78, 5) is 0. The van der Waals surface area contributed by atoms with E-state index >= 15 is 0 Å². The summed E-state index contributed by atoms with van der Waals surface area (Å²) in [6.45, 7) is 7.64. The molecule has 0 aromatic carbocycles. The number of hydrogen-bond donors (Lipinski definition) is 1. The van der Waals surface area contributed by atoms with E-state index < -0.39 is 0 Å². The molecule has 1 fully saturated rings. The molecule has 0 aliphatic heterocycles. The predicted octanol–water partition coefficient (Wildman–Crippen LogP) is 3.67. The minimum Gasteiger partial charge on any atom is -0.465 e. The van der Waals surface area contributed by atoms with Crippen molar-refractivity contribution in [3.8, 4) is 0 Å². The zero-order chi connectivity index (χ0) is 11.5. The number of furan rings is 1. The fourth-order valence-corrected chi connectivity index (χ4v) is 2.36. The number of hydrogen-bond acceptors (Lipinski definition) is 2. The van der Waals surface area contributed by atoms with Gasteiger partial charge in [0.2, 0.25) is 0 Å². The van der Waals surface area contributed by atoms with Crippen LogP contribution in [0.15, 0.2) is 16.5 Å². The summed E-state index contributed by atoms with van der Waals surface area (Å²) in [6, 6.07) is 4.60. The lowest BCUT2D eigenvalue weighted by atomic mass is 9.94. The first-order valence-electron chi connectivity index (χ1n) is 6.52. The van der Waals surface area contributed by atoms with Crippen molar-refractivity contribution in [2.24, 2.45) is 11.8 Å². The van der Waals surface area contributed by atoms with E-state index in [9.17, 15) is 0 Å². The van der Waals surface area contributed by atoms with E-state index in [4.69, 9.17) is 4.42 Å². The second-order valence-corrected chi connectivity index (χ2v) is 5.08. The molecule has 0 radical (unpaired) electrons. The van der Waals surface area contributed by atoms with Gasteiger partial charge in [0.15, 0.2) is 0 Å². The molecule has 2 heteroatoms. The highest BCUT2D eigenvalue weighted by Crippen LogP contribution is 2.42. The Morgan fingerprint density at radius 2 is 2.19 bits per heavy atom. The zero-order valence-electron chi connectivity index (χ0n) is 10.6. The summed E-state index contributed by atoms with van der Waals surface area (Å²) in [6.07, 6.45) is 3.96. The van der Waals surface area contributed by atoms with Gasteiger partial charge in [-0.25, -0.2) is 0 Å². The smallest absolute Gasteiger partial charge is 0.121 e. The molecule has 2 atom stereocenters. The maximum atomic E-state index is 5.78. The third kappa shape index (κ3) is 2.67. The average Bonchev–Trinajstić information content (AvgIpc) is 3.03.